The van der Waals surface area contributed by atoms with Crippen LogP contribution in [0.15, 0.2) is 0 Å². The van der Waals surface area contributed by atoms with Gasteiger partial charge in [-0.25, -0.2) is 21.9 Å². The van der Waals surface area contributed by atoms with Crippen molar-refractivity contribution in [3.05, 3.63) is 0 Å². The number of nitrogens with zero attached hydrogens (tertiary/aromatic N) is 2. The fraction of sp³-hybridized carbons (Fsp3) is 0.846. The Morgan fingerprint density at radius 3 is 2.59 bits per heavy atom. The molecule has 7 nitrogen and oxygen atoms in total. The summed E-state index contributed by atoms with van der Waals surface area (Å²) in [6.45, 7) is 1.63. The lowest BCUT2D eigenvalue weighted by Crippen LogP contribution is -2.47. The van der Waals surface area contributed by atoms with Crippen molar-refractivity contribution in [2.75, 3.05) is 31.9 Å². The van der Waals surface area contributed by atoms with E-state index in [0.717, 1.165) is 0 Å². The number of halogens is 1. The lowest BCUT2D eigenvalue weighted by atomic mass is 9.98. The molecule has 0 aromatic carbocycles. The molecule has 2 aliphatic rings. The minimum absolute atomic E-state index is 0.0236. The molecule has 0 radical (unpaired) electrons. The monoisotopic (exact) mass is 336 g/mol. The van der Waals surface area contributed by atoms with Crippen LogP contribution in [0.2, 0.25) is 0 Å². The fourth-order valence-electron chi connectivity index (χ4n) is 2.97. The number of amides is 1. The number of aliphatic carboxylic acids is 1. The van der Waals surface area contributed by atoms with Gasteiger partial charge < -0.3 is 10.0 Å². The van der Waals surface area contributed by atoms with Crippen molar-refractivity contribution in [1.29, 1.82) is 0 Å². The Bertz CT molecular complexity index is 567. The van der Waals surface area contributed by atoms with E-state index in [4.69, 9.17) is 5.11 Å². The van der Waals surface area contributed by atoms with Gasteiger partial charge in [0.1, 0.15) is 0 Å². The highest BCUT2D eigenvalue weighted by atomic mass is 32.2. The standard InChI is InChI=1S/C13H21FN2O5S/c1-2-22(20,21)16-6-3-4-10(8-16)11(17)15-7-5-13(14,9-15)12(18)19/h10H,2-9H2,1H3,(H,18,19). The summed E-state index contributed by atoms with van der Waals surface area (Å²) in [4.78, 5) is 24.5. The first-order valence-corrected chi connectivity index (χ1v) is 8.99. The summed E-state index contributed by atoms with van der Waals surface area (Å²) in [5, 5.41) is 8.86. The number of alkyl halides is 1. The molecule has 2 atom stereocenters. The highest BCUT2D eigenvalue weighted by molar-refractivity contribution is 7.89. The molecule has 2 unspecified atom stereocenters. The first-order valence-electron chi connectivity index (χ1n) is 7.38. The molecule has 1 amide bonds. The summed E-state index contributed by atoms with van der Waals surface area (Å²) < 4.78 is 39.1. The van der Waals surface area contributed by atoms with E-state index in [1.165, 1.54) is 9.21 Å². The molecule has 126 valence electrons. The van der Waals surface area contributed by atoms with Crippen molar-refractivity contribution in [3.63, 3.8) is 0 Å². The van der Waals surface area contributed by atoms with Crippen LogP contribution in [0.3, 0.4) is 0 Å². The maximum atomic E-state index is 14.0. The van der Waals surface area contributed by atoms with Gasteiger partial charge in [0.15, 0.2) is 0 Å². The van der Waals surface area contributed by atoms with Crippen molar-refractivity contribution in [3.8, 4) is 0 Å². The largest absolute Gasteiger partial charge is 0.479 e. The van der Waals surface area contributed by atoms with Crippen LogP contribution in [0, 0.1) is 5.92 Å². The highest BCUT2D eigenvalue weighted by Crippen LogP contribution is 2.29. The molecule has 0 bridgehead atoms. The molecule has 0 aliphatic carbocycles. The van der Waals surface area contributed by atoms with Gasteiger partial charge in [0, 0.05) is 26.1 Å². The van der Waals surface area contributed by atoms with Crippen LogP contribution in [0.1, 0.15) is 26.2 Å². The molecule has 0 spiro atoms. The molecule has 22 heavy (non-hydrogen) atoms. The second-order valence-electron chi connectivity index (χ2n) is 5.88. The summed E-state index contributed by atoms with van der Waals surface area (Å²) >= 11 is 0. The average molecular weight is 336 g/mol. The molecule has 2 fully saturated rings. The van der Waals surface area contributed by atoms with Crippen LogP contribution in [0.25, 0.3) is 0 Å². The van der Waals surface area contributed by atoms with E-state index in [1.54, 1.807) is 6.92 Å². The Labute approximate surface area is 129 Å². The minimum atomic E-state index is -3.35. The third-order valence-corrected chi connectivity index (χ3v) is 6.25. The maximum absolute atomic E-state index is 14.0. The summed E-state index contributed by atoms with van der Waals surface area (Å²) in [5.74, 6) is -2.45. The molecule has 2 heterocycles. The Kier molecular flexibility index (Phi) is 4.76. The number of rotatable bonds is 4. The van der Waals surface area contributed by atoms with Gasteiger partial charge in [-0.15, -0.1) is 0 Å². The van der Waals surface area contributed by atoms with Gasteiger partial charge in [0.2, 0.25) is 21.6 Å². The van der Waals surface area contributed by atoms with Crippen molar-refractivity contribution in [2.45, 2.75) is 31.9 Å². The van der Waals surface area contributed by atoms with Gasteiger partial charge in [-0.1, -0.05) is 0 Å². The van der Waals surface area contributed by atoms with Gasteiger partial charge in [-0.05, 0) is 19.8 Å². The number of carbonyl (C=O) groups excluding carboxylic acids is 1. The lowest BCUT2D eigenvalue weighted by molar-refractivity contribution is -0.150. The van der Waals surface area contributed by atoms with Crippen molar-refractivity contribution < 1.29 is 27.5 Å². The lowest BCUT2D eigenvalue weighted by Gasteiger charge is -2.33. The predicted octanol–water partition coefficient (Wildman–Crippen LogP) is 0.0733. The molecule has 2 aliphatic heterocycles. The number of carboxylic acids is 1. The Balaban J connectivity index is 2.03. The fourth-order valence-corrected chi connectivity index (χ4v) is 4.15. The molecular formula is C13H21FN2O5S. The maximum Gasteiger partial charge on any atom is 0.343 e. The van der Waals surface area contributed by atoms with Gasteiger partial charge in [-0.3, -0.25) is 4.79 Å². The van der Waals surface area contributed by atoms with Crippen LogP contribution in [-0.2, 0) is 19.6 Å². The van der Waals surface area contributed by atoms with E-state index in [9.17, 15) is 22.4 Å². The quantitative estimate of drug-likeness (QED) is 0.784. The average Bonchev–Trinajstić information content (AvgIpc) is 2.90. The summed E-state index contributed by atoms with van der Waals surface area (Å²) in [6, 6.07) is 0. The number of carboxylic acid groups (broad SMARTS) is 1. The Morgan fingerprint density at radius 2 is 2.05 bits per heavy atom. The first-order chi connectivity index (χ1) is 10.2. The molecule has 9 heteroatoms. The zero-order valence-corrected chi connectivity index (χ0v) is 13.3. The van der Waals surface area contributed by atoms with Crippen LogP contribution in [0.4, 0.5) is 4.39 Å². The zero-order chi connectivity index (χ0) is 16.5. The summed E-state index contributed by atoms with van der Waals surface area (Å²) in [6.07, 6.45) is 0.887. The molecule has 0 saturated carbocycles. The normalized spacial score (nSPS) is 30.5. The van der Waals surface area contributed by atoms with Crippen molar-refractivity contribution in [1.82, 2.24) is 9.21 Å². The molecule has 2 rings (SSSR count). The van der Waals surface area contributed by atoms with Gasteiger partial charge in [-0.2, -0.15) is 0 Å². The smallest absolute Gasteiger partial charge is 0.343 e. The SMILES string of the molecule is CCS(=O)(=O)N1CCCC(C(=O)N2CCC(F)(C(=O)O)C2)C1. The van der Waals surface area contributed by atoms with Gasteiger partial charge in [0.25, 0.3) is 0 Å². The summed E-state index contributed by atoms with van der Waals surface area (Å²) in [5.41, 5.74) is -2.39. The predicted molar refractivity (Wildman–Crippen MR) is 76.4 cm³/mol. The number of sulfonamides is 1. The van der Waals surface area contributed by atoms with Crippen LogP contribution in [0.5, 0.6) is 0 Å². The van der Waals surface area contributed by atoms with E-state index in [2.05, 4.69) is 0 Å². The third-order valence-electron chi connectivity index (χ3n) is 4.41. The number of likely N-dealkylation sites (tertiary alicyclic amines) is 1. The molecule has 2 saturated heterocycles. The van der Waals surface area contributed by atoms with E-state index < -0.39 is 34.1 Å². The van der Waals surface area contributed by atoms with E-state index in [1.807, 2.05) is 0 Å². The first kappa shape index (κ1) is 17.1. The molecule has 1 N–H and O–H groups in total. The number of carbonyl (C=O) groups is 2. The zero-order valence-electron chi connectivity index (χ0n) is 12.5. The number of piperidine rings is 1. The van der Waals surface area contributed by atoms with Gasteiger partial charge >= 0.3 is 5.97 Å². The van der Waals surface area contributed by atoms with E-state index in [-0.39, 0.29) is 31.2 Å². The van der Waals surface area contributed by atoms with E-state index >= 15 is 0 Å². The summed E-state index contributed by atoms with van der Waals surface area (Å²) in [7, 11) is -3.35. The molecular weight excluding hydrogens is 315 g/mol. The van der Waals surface area contributed by atoms with Crippen LogP contribution in [-0.4, -0.2) is 72.2 Å². The Hall–Kier alpha value is -1.22. The highest BCUT2D eigenvalue weighted by Gasteiger charge is 2.48. The second kappa shape index (κ2) is 6.11. The molecule has 0 aromatic rings. The van der Waals surface area contributed by atoms with Crippen LogP contribution < -0.4 is 0 Å². The third kappa shape index (κ3) is 3.24. The number of hydrogen-bond acceptors (Lipinski definition) is 4. The van der Waals surface area contributed by atoms with Crippen molar-refractivity contribution in [2.24, 2.45) is 5.92 Å². The minimum Gasteiger partial charge on any atom is -0.479 e. The molecule has 0 aromatic heterocycles. The van der Waals surface area contributed by atoms with Crippen LogP contribution >= 0.6 is 0 Å². The van der Waals surface area contributed by atoms with Crippen molar-refractivity contribution >= 4 is 21.9 Å². The Morgan fingerprint density at radius 1 is 1.36 bits per heavy atom. The van der Waals surface area contributed by atoms with E-state index in [0.29, 0.717) is 19.4 Å². The number of hydrogen-bond donors (Lipinski definition) is 1. The second-order valence-corrected chi connectivity index (χ2v) is 8.14. The van der Waals surface area contributed by atoms with Gasteiger partial charge in [0.05, 0.1) is 18.2 Å². The topological polar surface area (TPSA) is 95.0 Å².